The normalized spacial score (nSPS) is 11.8. The SMILES string of the molecule is Cc1ccc(C)c(CC(=O)N(Cc2ccc(Br)cc2)[C@@H](Cc2ccccc2)C(=O)NCC(C)C)c1. The molecule has 3 rings (SSSR count). The van der Waals surface area contributed by atoms with Gasteiger partial charge in [-0.15, -0.1) is 0 Å². The van der Waals surface area contributed by atoms with Crippen LogP contribution in [-0.4, -0.2) is 29.3 Å². The van der Waals surface area contributed by atoms with Crippen LogP contribution < -0.4 is 5.32 Å². The molecular weight excluding hydrogens is 500 g/mol. The van der Waals surface area contributed by atoms with E-state index in [0.717, 1.165) is 32.3 Å². The van der Waals surface area contributed by atoms with Crippen LogP contribution in [0.4, 0.5) is 0 Å². The van der Waals surface area contributed by atoms with Crippen molar-refractivity contribution in [2.24, 2.45) is 5.92 Å². The largest absolute Gasteiger partial charge is 0.354 e. The predicted octanol–water partition coefficient (Wildman–Crippen LogP) is 6.02. The third kappa shape index (κ3) is 8.07. The molecule has 35 heavy (non-hydrogen) atoms. The average molecular weight is 536 g/mol. The third-order valence-corrected chi connectivity index (χ3v) is 6.60. The minimum atomic E-state index is -0.614. The molecule has 2 amide bonds. The van der Waals surface area contributed by atoms with Gasteiger partial charge in [-0.25, -0.2) is 0 Å². The second kappa shape index (κ2) is 12.7. The Labute approximate surface area is 217 Å². The summed E-state index contributed by atoms with van der Waals surface area (Å²) >= 11 is 3.49. The van der Waals surface area contributed by atoms with Crippen molar-refractivity contribution < 1.29 is 9.59 Å². The number of hydrogen-bond donors (Lipinski definition) is 1. The van der Waals surface area contributed by atoms with Crippen molar-refractivity contribution in [3.63, 3.8) is 0 Å². The first kappa shape index (κ1) is 26.7. The summed E-state index contributed by atoms with van der Waals surface area (Å²) in [5.74, 6) is 0.151. The Morgan fingerprint density at radius 2 is 1.60 bits per heavy atom. The van der Waals surface area contributed by atoms with Crippen LogP contribution in [-0.2, 0) is 29.0 Å². The summed E-state index contributed by atoms with van der Waals surface area (Å²) in [6, 6.07) is 23.4. The van der Waals surface area contributed by atoms with Crippen molar-refractivity contribution in [2.45, 2.75) is 53.1 Å². The number of nitrogens with one attached hydrogen (secondary N) is 1. The molecule has 1 N–H and O–H groups in total. The molecule has 184 valence electrons. The monoisotopic (exact) mass is 534 g/mol. The van der Waals surface area contributed by atoms with Crippen molar-refractivity contribution in [2.75, 3.05) is 6.54 Å². The highest BCUT2D eigenvalue weighted by Gasteiger charge is 2.30. The highest BCUT2D eigenvalue weighted by atomic mass is 79.9. The summed E-state index contributed by atoms with van der Waals surface area (Å²) in [4.78, 5) is 29.1. The molecule has 0 bridgehead atoms. The molecule has 0 saturated carbocycles. The lowest BCUT2D eigenvalue weighted by atomic mass is 9.99. The summed E-state index contributed by atoms with van der Waals surface area (Å²) in [7, 11) is 0. The maximum Gasteiger partial charge on any atom is 0.243 e. The van der Waals surface area contributed by atoms with E-state index in [9.17, 15) is 9.59 Å². The van der Waals surface area contributed by atoms with Crippen LogP contribution in [0.5, 0.6) is 0 Å². The second-order valence-electron chi connectivity index (χ2n) is 9.60. The van der Waals surface area contributed by atoms with E-state index in [2.05, 4.69) is 47.2 Å². The lowest BCUT2D eigenvalue weighted by molar-refractivity contribution is -0.140. The van der Waals surface area contributed by atoms with Crippen molar-refractivity contribution in [3.8, 4) is 0 Å². The maximum absolute atomic E-state index is 13.9. The Morgan fingerprint density at radius 1 is 0.914 bits per heavy atom. The standard InChI is InChI=1S/C30H35BrN2O2/c1-21(2)19-32-30(35)28(17-24-8-6-5-7-9-24)33(20-25-12-14-27(31)15-13-25)29(34)18-26-16-22(3)10-11-23(26)4/h5-16,21,28H,17-20H2,1-4H3,(H,32,35)/t28-/m0/s1. The van der Waals surface area contributed by atoms with E-state index < -0.39 is 6.04 Å². The fraction of sp³-hybridized carbons (Fsp3) is 0.333. The van der Waals surface area contributed by atoms with E-state index in [4.69, 9.17) is 0 Å². The zero-order valence-corrected chi connectivity index (χ0v) is 22.6. The third-order valence-electron chi connectivity index (χ3n) is 6.07. The molecule has 0 aliphatic rings. The van der Waals surface area contributed by atoms with Crippen LogP contribution in [0, 0.1) is 19.8 Å². The van der Waals surface area contributed by atoms with E-state index in [0.29, 0.717) is 25.4 Å². The Kier molecular flexibility index (Phi) is 9.67. The minimum Gasteiger partial charge on any atom is -0.354 e. The summed E-state index contributed by atoms with van der Waals surface area (Å²) in [5, 5.41) is 3.08. The average Bonchev–Trinajstić information content (AvgIpc) is 2.83. The Bertz CT molecular complexity index is 1130. The number of benzene rings is 3. The molecule has 0 aliphatic carbocycles. The molecule has 0 aromatic heterocycles. The van der Waals surface area contributed by atoms with Crippen LogP contribution in [0.15, 0.2) is 77.3 Å². The number of amides is 2. The van der Waals surface area contributed by atoms with Crippen molar-refractivity contribution in [1.82, 2.24) is 10.2 Å². The number of halogens is 1. The molecule has 1 atom stereocenters. The van der Waals surface area contributed by atoms with Crippen LogP contribution in [0.3, 0.4) is 0 Å². The van der Waals surface area contributed by atoms with Gasteiger partial charge in [0.15, 0.2) is 0 Å². The fourth-order valence-electron chi connectivity index (χ4n) is 4.02. The van der Waals surface area contributed by atoms with Gasteiger partial charge in [0, 0.05) is 24.0 Å². The summed E-state index contributed by atoms with van der Waals surface area (Å²) in [5.41, 5.74) is 5.21. The summed E-state index contributed by atoms with van der Waals surface area (Å²) < 4.78 is 0.977. The van der Waals surface area contributed by atoms with Crippen molar-refractivity contribution in [3.05, 3.63) is 105 Å². The molecular formula is C30H35BrN2O2. The molecule has 3 aromatic rings. The maximum atomic E-state index is 13.9. The van der Waals surface area contributed by atoms with Gasteiger partial charge in [0.25, 0.3) is 0 Å². The Morgan fingerprint density at radius 3 is 2.26 bits per heavy atom. The topological polar surface area (TPSA) is 49.4 Å². The van der Waals surface area contributed by atoms with Gasteiger partial charge in [-0.2, -0.15) is 0 Å². The number of rotatable bonds is 10. The number of nitrogens with zero attached hydrogens (tertiary/aromatic N) is 1. The van der Waals surface area contributed by atoms with Crippen molar-refractivity contribution in [1.29, 1.82) is 0 Å². The molecule has 0 heterocycles. The van der Waals surface area contributed by atoms with Gasteiger partial charge >= 0.3 is 0 Å². The van der Waals surface area contributed by atoms with Crippen LogP contribution in [0.25, 0.3) is 0 Å². The summed E-state index contributed by atoms with van der Waals surface area (Å²) in [6.07, 6.45) is 0.715. The highest BCUT2D eigenvalue weighted by molar-refractivity contribution is 9.10. The van der Waals surface area contributed by atoms with E-state index in [1.54, 1.807) is 4.90 Å². The molecule has 3 aromatic carbocycles. The lowest BCUT2D eigenvalue weighted by Crippen LogP contribution is -2.51. The van der Waals surface area contributed by atoms with E-state index in [1.165, 1.54) is 0 Å². The molecule has 0 spiro atoms. The first-order valence-corrected chi connectivity index (χ1v) is 12.9. The molecule has 0 saturated heterocycles. The molecule has 0 fully saturated rings. The van der Waals surface area contributed by atoms with Crippen LogP contribution >= 0.6 is 15.9 Å². The second-order valence-corrected chi connectivity index (χ2v) is 10.5. The Balaban J connectivity index is 1.97. The lowest BCUT2D eigenvalue weighted by Gasteiger charge is -2.32. The van der Waals surface area contributed by atoms with Gasteiger partial charge < -0.3 is 10.2 Å². The smallest absolute Gasteiger partial charge is 0.243 e. The number of hydrogen-bond acceptors (Lipinski definition) is 2. The first-order valence-electron chi connectivity index (χ1n) is 12.1. The van der Waals surface area contributed by atoms with E-state index in [1.807, 2.05) is 74.5 Å². The van der Waals surface area contributed by atoms with Crippen LogP contribution in [0.2, 0.25) is 0 Å². The van der Waals surface area contributed by atoms with Gasteiger partial charge in [0.05, 0.1) is 6.42 Å². The number of carbonyl (C=O) groups excluding carboxylic acids is 2. The van der Waals surface area contributed by atoms with Gasteiger partial charge in [0.1, 0.15) is 6.04 Å². The molecule has 0 radical (unpaired) electrons. The van der Waals surface area contributed by atoms with E-state index in [-0.39, 0.29) is 18.2 Å². The zero-order chi connectivity index (χ0) is 25.4. The predicted molar refractivity (Wildman–Crippen MR) is 146 cm³/mol. The Hall–Kier alpha value is -2.92. The van der Waals surface area contributed by atoms with Crippen molar-refractivity contribution >= 4 is 27.7 Å². The number of carbonyl (C=O) groups is 2. The van der Waals surface area contributed by atoms with Gasteiger partial charge in [-0.3, -0.25) is 9.59 Å². The highest BCUT2D eigenvalue weighted by Crippen LogP contribution is 2.20. The zero-order valence-electron chi connectivity index (χ0n) is 21.1. The van der Waals surface area contributed by atoms with Gasteiger partial charge in [-0.05, 0) is 54.2 Å². The first-order chi connectivity index (χ1) is 16.7. The minimum absolute atomic E-state index is 0.0535. The van der Waals surface area contributed by atoms with Gasteiger partial charge in [-0.1, -0.05) is 96.0 Å². The van der Waals surface area contributed by atoms with Crippen LogP contribution in [0.1, 0.15) is 41.7 Å². The number of aryl methyl sites for hydroxylation is 2. The van der Waals surface area contributed by atoms with E-state index >= 15 is 0 Å². The fourth-order valence-corrected chi connectivity index (χ4v) is 4.28. The molecule has 0 unspecified atom stereocenters. The molecule has 0 aliphatic heterocycles. The molecule has 4 nitrogen and oxygen atoms in total. The van der Waals surface area contributed by atoms with Gasteiger partial charge in [0.2, 0.25) is 11.8 Å². The summed E-state index contributed by atoms with van der Waals surface area (Å²) in [6.45, 7) is 9.13. The quantitative estimate of drug-likeness (QED) is 0.345. The molecule has 5 heteroatoms.